The van der Waals surface area contributed by atoms with Crippen molar-refractivity contribution in [1.29, 1.82) is 0 Å². The van der Waals surface area contributed by atoms with Gasteiger partial charge < -0.3 is 15.8 Å². The molecule has 1 amide bonds. The molecule has 1 aromatic rings. The Morgan fingerprint density at radius 3 is 2.85 bits per heavy atom. The van der Waals surface area contributed by atoms with E-state index in [0.717, 1.165) is 17.7 Å². The van der Waals surface area contributed by atoms with Crippen molar-refractivity contribution in [2.75, 3.05) is 6.61 Å². The van der Waals surface area contributed by atoms with Crippen LogP contribution in [-0.2, 0) is 11.3 Å². The van der Waals surface area contributed by atoms with Crippen molar-refractivity contribution in [2.24, 2.45) is 5.73 Å². The first kappa shape index (κ1) is 18.5. The second-order valence-corrected chi connectivity index (χ2v) is 4.32. The summed E-state index contributed by atoms with van der Waals surface area (Å²) in [6.45, 7) is 6.48. The quantitative estimate of drug-likeness (QED) is 0.725. The van der Waals surface area contributed by atoms with Gasteiger partial charge in [-0.15, -0.1) is 12.4 Å². The van der Waals surface area contributed by atoms with Crippen molar-refractivity contribution in [2.45, 2.75) is 32.4 Å². The third kappa shape index (κ3) is 6.08. The summed E-state index contributed by atoms with van der Waals surface area (Å²) in [5, 5.41) is 2.83. The molecule has 4 nitrogen and oxygen atoms in total. The molecule has 112 valence electrons. The highest BCUT2D eigenvalue weighted by Gasteiger charge is 2.12. The summed E-state index contributed by atoms with van der Waals surface area (Å²) < 4.78 is 5.53. The smallest absolute Gasteiger partial charge is 0.237 e. The third-order valence-corrected chi connectivity index (χ3v) is 2.72. The lowest BCUT2D eigenvalue weighted by atomic mass is 10.1. The van der Waals surface area contributed by atoms with Gasteiger partial charge in [-0.05, 0) is 12.5 Å². The van der Waals surface area contributed by atoms with Gasteiger partial charge in [0.15, 0.2) is 0 Å². The number of nitrogens with one attached hydrogen (secondary N) is 1. The molecule has 0 radical (unpaired) electrons. The topological polar surface area (TPSA) is 64.3 Å². The van der Waals surface area contributed by atoms with E-state index < -0.39 is 6.04 Å². The average molecular weight is 299 g/mol. The first-order valence-electron chi connectivity index (χ1n) is 6.54. The van der Waals surface area contributed by atoms with Crippen molar-refractivity contribution in [1.82, 2.24) is 5.32 Å². The maximum atomic E-state index is 11.7. The van der Waals surface area contributed by atoms with Gasteiger partial charge in [0.2, 0.25) is 5.91 Å². The molecule has 0 aromatic heterocycles. The Labute approximate surface area is 126 Å². The van der Waals surface area contributed by atoms with E-state index in [1.165, 1.54) is 0 Å². The lowest BCUT2D eigenvalue weighted by molar-refractivity contribution is -0.122. The number of nitrogens with two attached hydrogens (primary N) is 1. The highest BCUT2D eigenvalue weighted by molar-refractivity contribution is 5.85. The molecular weight excluding hydrogens is 276 g/mol. The van der Waals surface area contributed by atoms with Crippen LogP contribution in [0.15, 0.2) is 36.9 Å². The van der Waals surface area contributed by atoms with Crippen molar-refractivity contribution < 1.29 is 9.53 Å². The van der Waals surface area contributed by atoms with Crippen LogP contribution < -0.4 is 15.8 Å². The van der Waals surface area contributed by atoms with Gasteiger partial charge in [-0.2, -0.15) is 0 Å². The number of rotatable bonds is 8. The van der Waals surface area contributed by atoms with Crippen molar-refractivity contribution in [3.63, 3.8) is 0 Å². The molecule has 1 rings (SSSR count). The monoisotopic (exact) mass is 298 g/mol. The molecular formula is C15H23ClN2O2. The number of para-hydroxylation sites is 1. The van der Waals surface area contributed by atoms with Crippen molar-refractivity contribution in [3.8, 4) is 5.75 Å². The van der Waals surface area contributed by atoms with Crippen LogP contribution in [0.5, 0.6) is 5.75 Å². The predicted molar refractivity (Wildman–Crippen MR) is 84.1 cm³/mol. The fourth-order valence-electron chi connectivity index (χ4n) is 1.69. The number of benzene rings is 1. The van der Waals surface area contributed by atoms with Crippen molar-refractivity contribution in [3.05, 3.63) is 42.5 Å². The fourth-order valence-corrected chi connectivity index (χ4v) is 1.69. The standard InChI is InChI=1S/C15H22N2O2.ClH/c1-3-7-13(16)15(18)17-11-12-8-5-6-9-14(12)19-10-4-2;/h4-6,8-9,13H,2-3,7,10-11,16H2,1H3,(H,17,18);1H. The molecule has 1 unspecified atom stereocenters. The largest absolute Gasteiger partial charge is 0.489 e. The van der Waals surface area contributed by atoms with Gasteiger partial charge in [-0.25, -0.2) is 0 Å². The zero-order valence-electron chi connectivity index (χ0n) is 11.8. The minimum absolute atomic E-state index is 0. The Morgan fingerprint density at radius 2 is 2.20 bits per heavy atom. The maximum absolute atomic E-state index is 11.7. The second kappa shape index (κ2) is 10.3. The number of halogens is 1. The van der Waals surface area contributed by atoms with Gasteiger partial charge in [0.05, 0.1) is 6.04 Å². The summed E-state index contributed by atoms with van der Waals surface area (Å²) in [6.07, 6.45) is 3.28. The molecule has 1 aromatic carbocycles. The molecule has 0 saturated carbocycles. The molecule has 0 saturated heterocycles. The van der Waals surface area contributed by atoms with E-state index >= 15 is 0 Å². The Bertz CT molecular complexity index is 424. The van der Waals surface area contributed by atoms with E-state index in [1.807, 2.05) is 31.2 Å². The number of amides is 1. The van der Waals surface area contributed by atoms with Crippen LogP contribution in [0.3, 0.4) is 0 Å². The molecule has 3 N–H and O–H groups in total. The van der Waals surface area contributed by atoms with Gasteiger partial charge >= 0.3 is 0 Å². The van der Waals surface area contributed by atoms with Gasteiger partial charge in [0.25, 0.3) is 0 Å². The van der Waals surface area contributed by atoms with Crippen LogP contribution in [0.1, 0.15) is 25.3 Å². The van der Waals surface area contributed by atoms with Gasteiger partial charge in [0, 0.05) is 12.1 Å². The first-order valence-corrected chi connectivity index (χ1v) is 6.54. The van der Waals surface area contributed by atoms with Crippen LogP contribution in [0, 0.1) is 0 Å². The Kier molecular flexibility index (Phi) is 9.51. The van der Waals surface area contributed by atoms with E-state index in [0.29, 0.717) is 19.6 Å². The summed E-state index contributed by atoms with van der Waals surface area (Å²) >= 11 is 0. The van der Waals surface area contributed by atoms with E-state index in [1.54, 1.807) is 6.08 Å². The van der Waals surface area contributed by atoms with E-state index in [4.69, 9.17) is 10.5 Å². The number of carbonyl (C=O) groups excluding carboxylic acids is 1. The highest BCUT2D eigenvalue weighted by atomic mass is 35.5. The van der Waals surface area contributed by atoms with Crippen molar-refractivity contribution >= 4 is 18.3 Å². The number of hydrogen-bond donors (Lipinski definition) is 2. The molecule has 0 spiro atoms. The number of carbonyl (C=O) groups is 1. The van der Waals surface area contributed by atoms with E-state index in [9.17, 15) is 4.79 Å². The van der Waals surface area contributed by atoms with Gasteiger partial charge in [-0.3, -0.25) is 4.79 Å². The maximum Gasteiger partial charge on any atom is 0.237 e. The molecule has 20 heavy (non-hydrogen) atoms. The van der Waals surface area contributed by atoms with Crippen LogP contribution in [-0.4, -0.2) is 18.6 Å². The second-order valence-electron chi connectivity index (χ2n) is 4.32. The van der Waals surface area contributed by atoms with Crippen LogP contribution in [0.4, 0.5) is 0 Å². The Balaban J connectivity index is 0.00000361. The SMILES string of the molecule is C=CCOc1ccccc1CNC(=O)C(N)CCC.Cl. The summed E-state index contributed by atoms with van der Waals surface area (Å²) in [4.78, 5) is 11.7. The zero-order chi connectivity index (χ0) is 14.1. The molecule has 1 atom stereocenters. The van der Waals surface area contributed by atoms with Gasteiger partial charge in [-0.1, -0.05) is 44.2 Å². The average Bonchev–Trinajstić information content (AvgIpc) is 2.43. The summed E-state index contributed by atoms with van der Waals surface area (Å²) in [5.74, 6) is 0.632. The molecule has 0 aliphatic heterocycles. The minimum atomic E-state index is -0.439. The van der Waals surface area contributed by atoms with Gasteiger partial charge in [0.1, 0.15) is 12.4 Å². The molecule has 5 heteroatoms. The summed E-state index contributed by atoms with van der Waals surface area (Å²) in [5.41, 5.74) is 6.69. The lowest BCUT2D eigenvalue weighted by Gasteiger charge is -2.13. The zero-order valence-corrected chi connectivity index (χ0v) is 12.6. The Hall–Kier alpha value is -1.52. The molecule has 0 bridgehead atoms. The number of ether oxygens (including phenoxy) is 1. The van der Waals surface area contributed by atoms with E-state index in [-0.39, 0.29) is 18.3 Å². The lowest BCUT2D eigenvalue weighted by Crippen LogP contribution is -2.40. The molecule has 0 aliphatic rings. The van der Waals surface area contributed by atoms with Crippen LogP contribution in [0.2, 0.25) is 0 Å². The van der Waals surface area contributed by atoms with E-state index in [2.05, 4.69) is 11.9 Å². The summed E-state index contributed by atoms with van der Waals surface area (Å²) in [6, 6.07) is 7.16. The normalized spacial score (nSPS) is 11.1. The third-order valence-electron chi connectivity index (χ3n) is 2.72. The van der Waals surface area contributed by atoms with Crippen LogP contribution in [0.25, 0.3) is 0 Å². The fraction of sp³-hybridized carbons (Fsp3) is 0.400. The Morgan fingerprint density at radius 1 is 1.50 bits per heavy atom. The molecule has 0 aliphatic carbocycles. The first-order chi connectivity index (χ1) is 9.19. The summed E-state index contributed by atoms with van der Waals surface area (Å²) in [7, 11) is 0. The molecule has 0 heterocycles. The predicted octanol–water partition coefficient (Wildman–Crippen LogP) is 2.42. The van der Waals surface area contributed by atoms with Crippen LogP contribution >= 0.6 is 12.4 Å². The number of hydrogen-bond acceptors (Lipinski definition) is 3. The highest BCUT2D eigenvalue weighted by Crippen LogP contribution is 2.17. The minimum Gasteiger partial charge on any atom is -0.489 e. The molecule has 0 fully saturated rings.